The van der Waals surface area contributed by atoms with Crippen LogP contribution in [0.25, 0.3) is 0 Å². The standard InChI is InChI=1S/C5H12O2/c1-5(2,3)4(6)7/h4,6-7H,1-3H3/i4D. The van der Waals surface area contributed by atoms with Crippen LogP contribution in [-0.2, 0) is 0 Å². The third-order valence-electron chi connectivity index (χ3n) is 0.671. The first-order valence-corrected chi connectivity index (χ1v) is 2.20. The van der Waals surface area contributed by atoms with Gasteiger partial charge in [0, 0.05) is 5.41 Å². The molecule has 2 N–H and O–H groups in total. The fraction of sp³-hybridized carbons (Fsp3) is 1.00. The predicted octanol–water partition coefficient (Wildman–Crippen LogP) is 0.343. The highest BCUT2D eigenvalue weighted by molar-refractivity contribution is 4.61. The highest BCUT2D eigenvalue weighted by atomic mass is 16.5. The van der Waals surface area contributed by atoms with Crippen LogP contribution >= 0.6 is 0 Å². The van der Waals surface area contributed by atoms with Crippen LogP contribution in [0.1, 0.15) is 22.1 Å². The van der Waals surface area contributed by atoms with Gasteiger partial charge in [-0.1, -0.05) is 20.8 Å². The molecule has 44 valence electrons. The summed E-state index contributed by atoms with van der Waals surface area (Å²) in [6.07, 6.45) is -2.31. The first-order chi connectivity index (χ1) is 3.25. The van der Waals surface area contributed by atoms with Gasteiger partial charge in [0.05, 0.1) is 1.37 Å². The Bertz CT molecular complexity index is 65.4. The van der Waals surface area contributed by atoms with E-state index in [2.05, 4.69) is 0 Å². The summed E-state index contributed by atoms with van der Waals surface area (Å²) < 4.78 is 6.69. The second kappa shape index (κ2) is 1.80. The molecule has 0 saturated heterocycles. The average molecular weight is 105 g/mol. The van der Waals surface area contributed by atoms with Gasteiger partial charge in [-0.2, -0.15) is 0 Å². The van der Waals surface area contributed by atoms with E-state index in [1.807, 2.05) is 0 Å². The molecule has 0 spiro atoms. The fourth-order valence-corrected chi connectivity index (χ4v) is 0. The summed E-state index contributed by atoms with van der Waals surface area (Å²) in [4.78, 5) is 0. The molecule has 0 amide bonds. The molecule has 0 bridgehead atoms. The number of hydrogen-bond acceptors (Lipinski definition) is 2. The van der Waals surface area contributed by atoms with E-state index in [4.69, 9.17) is 11.6 Å². The Labute approximate surface area is 45.2 Å². The summed E-state index contributed by atoms with van der Waals surface area (Å²) >= 11 is 0. The Morgan fingerprint density at radius 3 is 1.57 bits per heavy atom. The van der Waals surface area contributed by atoms with Gasteiger partial charge >= 0.3 is 0 Å². The summed E-state index contributed by atoms with van der Waals surface area (Å²) in [7, 11) is 0. The van der Waals surface area contributed by atoms with Crippen molar-refractivity contribution in [2.45, 2.75) is 27.0 Å². The second-order valence-corrected chi connectivity index (χ2v) is 2.57. The SMILES string of the molecule is [2H]C(O)(O)C(C)(C)C. The summed E-state index contributed by atoms with van der Waals surface area (Å²) in [5, 5.41) is 17.2. The molecule has 0 radical (unpaired) electrons. The van der Waals surface area contributed by atoms with Gasteiger partial charge in [-0.15, -0.1) is 0 Å². The Balaban J connectivity index is 4.02. The Kier molecular flexibility index (Phi) is 1.30. The van der Waals surface area contributed by atoms with E-state index in [0.29, 0.717) is 0 Å². The largest absolute Gasteiger partial charge is 0.368 e. The average Bonchev–Trinajstić information content (AvgIpc) is 1.25. The quantitative estimate of drug-likeness (QED) is 0.436. The van der Waals surface area contributed by atoms with E-state index < -0.39 is 11.7 Å². The molecule has 0 aliphatic rings. The molecule has 0 aromatic heterocycles. The topological polar surface area (TPSA) is 40.5 Å². The van der Waals surface area contributed by atoms with Gasteiger partial charge in [-0.25, -0.2) is 0 Å². The van der Waals surface area contributed by atoms with Crippen LogP contribution in [0.2, 0.25) is 0 Å². The highest BCUT2D eigenvalue weighted by Gasteiger charge is 2.18. The lowest BCUT2D eigenvalue weighted by molar-refractivity contribution is -0.113. The monoisotopic (exact) mass is 105 g/mol. The second-order valence-electron chi connectivity index (χ2n) is 2.57. The zero-order valence-electron chi connectivity index (χ0n) is 5.89. The van der Waals surface area contributed by atoms with Crippen molar-refractivity contribution in [1.29, 1.82) is 0 Å². The minimum atomic E-state index is -2.31. The first-order valence-electron chi connectivity index (χ1n) is 2.70. The number of rotatable bonds is 0. The predicted molar refractivity (Wildman–Crippen MR) is 27.7 cm³/mol. The zero-order chi connectivity index (χ0) is 7.00. The molecule has 0 aromatic carbocycles. The minimum absolute atomic E-state index is 0.785. The van der Waals surface area contributed by atoms with Crippen LogP contribution in [-0.4, -0.2) is 16.5 Å². The van der Waals surface area contributed by atoms with Gasteiger partial charge in [0.2, 0.25) is 0 Å². The molecular weight excluding hydrogens is 92.1 g/mol. The number of hydrogen-bond donors (Lipinski definition) is 2. The molecule has 0 aliphatic carbocycles. The van der Waals surface area contributed by atoms with Gasteiger partial charge < -0.3 is 10.2 Å². The molecule has 0 atom stereocenters. The normalized spacial score (nSPS) is 16.4. The molecular formula is C5H12O2. The van der Waals surface area contributed by atoms with Gasteiger partial charge in [0.1, 0.15) is 0 Å². The van der Waals surface area contributed by atoms with Crippen molar-refractivity contribution in [2.24, 2.45) is 5.41 Å². The van der Waals surface area contributed by atoms with Crippen molar-refractivity contribution in [3.8, 4) is 0 Å². The van der Waals surface area contributed by atoms with E-state index in [0.717, 1.165) is 0 Å². The first kappa shape index (κ1) is 5.06. The lowest BCUT2D eigenvalue weighted by atomic mass is 9.96. The van der Waals surface area contributed by atoms with Crippen LogP contribution in [0.3, 0.4) is 0 Å². The summed E-state index contributed by atoms with van der Waals surface area (Å²) in [6.45, 7) is 4.75. The third kappa shape index (κ3) is 2.60. The summed E-state index contributed by atoms with van der Waals surface area (Å²) in [6, 6.07) is 0. The smallest absolute Gasteiger partial charge is 0.156 e. The van der Waals surface area contributed by atoms with E-state index in [1.165, 1.54) is 0 Å². The summed E-state index contributed by atoms with van der Waals surface area (Å²) in [5.74, 6) is 0. The lowest BCUT2D eigenvalue weighted by Gasteiger charge is -2.19. The maximum Gasteiger partial charge on any atom is 0.156 e. The molecule has 2 heteroatoms. The van der Waals surface area contributed by atoms with Crippen LogP contribution in [0, 0.1) is 5.41 Å². The van der Waals surface area contributed by atoms with E-state index in [9.17, 15) is 0 Å². The molecule has 0 aromatic rings. The minimum Gasteiger partial charge on any atom is -0.368 e. The van der Waals surface area contributed by atoms with Crippen LogP contribution in [0.5, 0.6) is 0 Å². The Morgan fingerprint density at radius 1 is 1.43 bits per heavy atom. The highest BCUT2D eigenvalue weighted by Crippen LogP contribution is 2.15. The van der Waals surface area contributed by atoms with Crippen LogP contribution < -0.4 is 0 Å². The van der Waals surface area contributed by atoms with Crippen molar-refractivity contribution in [3.05, 3.63) is 0 Å². The lowest BCUT2D eigenvalue weighted by Crippen LogP contribution is -2.24. The third-order valence-corrected chi connectivity index (χ3v) is 0.671. The molecule has 0 aliphatic heterocycles. The van der Waals surface area contributed by atoms with Gasteiger partial charge in [0.25, 0.3) is 0 Å². The van der Waals surface area contributed by atoms with E-state index in [1.54, 1.807) is 20.8 Å². The molecule has 0 fully saturated rings. The van der Waals surface area contributed by atoms with E-state index in [-0.39, 0.29) is 0 Å². The van der Waals surface area contributed by atoms with Crippen molar-refractivity contribution in [3.63, 3.8) is 0 Å². The molecule has 0 rings (SSSR count). The van der Waals surface area contributed by atoms with Crippen molar-refractivity contribution in [2.75, 3.05) is 0 Å². The molecule has 2 nitrogen and oxygen atoms in total. The van der Waals surface area contributed by atoms with Crippen molar-refractivity contribution >= 4 is 0 Å². The van der Waals surface area contributed by atoms with Gasteiger partial charge in [-0.3, -0.25) is 0 Å². The Morgan fingerprint density at radius 2 is 1.57 bits per heavy atom. The van der Waals surface area contributed by atoms with E-state index >= 15 is 0 Å². The van der Waals surface area contributed by atoms with Gasteiger partial charge in [-0.05, 0) is 0 Å². The molecule has 0 heterocycles. The van der Waals surface area contributed by atoms with Crippen LogP contribution in [0.15, 0.2) is 0 Å². The summed E-state index contributed by atoms with van der Waals surface area (Å²) in [5.41, 5.74) is -0.785. The fourth-order valence-electron chi connectivity index (χ4n) is 0. The van der Waals surface area contributed by atoms with Crippen molar-refractivity contribution < 1.29 is 11.6 Å². The zero-order valence-corrected chi connectivity index (χ0v) is 4.89. The Hall–Kier alpha value is -0.0800. The molecule has 0 unspecified atom stereocenters. The van der Waals surface area contributed by atoms with Crippen LogP contribution in [0.4, 0.5) is 0 Å². The maximum absolute atomic E-state index is 8.58. The van der Waals surface area contributed by atoms with Crippen molar-refractivity contribution in [1.82, 2.24) is 0 Å². The van der Waals surface area contributed by atoms with Gasteiger partial charge in [0.15, 0.2) is 6.27 Å². The molecule has 7 heavy (non-hydrogen) atoms. The molecule has 0 saturated carbocycles. The maximum atomic E-state index is 8.58. The number of aliphatic hydroxyl groups is 2.